The number of pyridine rings is 2. The lowest BCUT2D eigenvalue weighted by Crippen LogP contribution is -2.35. The average molecular weight is 406 g/mol. The first-order valence-corrected chi connectivity index (χ1v) is 10.2. The fourth-order valence-electron chi connectivity index (χ4n) is 4.22. The summed E-state index contributed by atoms with van der Waals surface area (Å²) in [7, 11) is 0. The highest BCUT2D eigenvalue weighted by molar-refractivity contribution is 5.54. The van der Waals surface area contributed by atoms with Crippen molar-refractivity contribution in [2.75, 3.05) is 29.4 Å². The Bertz CT molecular complexity index is 1060. The van der Waals surface area contributed by atoms with Crippen LogP contribution >= 0.6 is 0 Å². The van der Waals surface area contributed by atoms with Crippen LogP contribution in [0.3, 0.4) is 0 Å². The minimum atomic E-state index is -0.384. The molecule has 1 N–H and O–H groups in total. The molecule has 0 aliphatic carbocycles. The number of aliphatic hydroxyl groups is 1. The van der Waals surface area contributed by atoms with Crippen LogP contribution in [0.15, 0.2) is 42.7 Å². The van der Waals surface area contributed by atoms with Crippen LogP contribution in [-0.2, 0) is 6.42 Å². The molecule has 0 radical (unpaired) electrons. The highest BCUT2D eigenvalue weighted by Crippen LogP contribution is 2.34. The van der Waals surface area contributed by atoms with Gasteiger partial charge in [0.1, 0.15) is 23.1 Å². The summed E-state index contributed by atoms with van der Waals surface area (Å²) >= 11 is 0. The predicted octanol–water partition coefficient (Wildman–Crippen LogP) is 2.77. The minimum absolute atomic E-state index is 0.0298. The quantitative estimate of drug-likeness (QED) is 0.717. The summed E-state index contributed by atoms with van der Waals surface area (Å²) in [5.41, 5.74) is 2.76. The maximum absolute atomic E-state index is 14.4. The van der Waals surface area contributed by atoms with E-state index >= 15 is 0 Å². The van der Waals surface area contributed by atoms with Crippen LogP contribution in [0, 0.1) is 5.82 Å². The lowest BCUT2D eigenvalue weighted by Gasteiger charge is -2.36. The molecule has 154 valence electrons. The van der Waals surface area contributed by atoms with E-state index in [4.69, 9.17) is 9.97 Å². The molecule has 3 aromatic rings. The Labute approximate surface area is 174 Å². The van der Waals surface area contributed by atoms with Crippen LogP contribution in [-0.4, -0.2) is 50.8 Å². The summed E-state index contributed by atoms with van der Waals surface area (Å²) in [6.07, 6.45) is 4.59. The van der Waals surface area contributed by atoms with Crippen molar-refractivity contribution in [2.45, 2.75) is 31.9 Å². The average Bonchev–Trinajstić information content (AvgIpc) is 3.20. The minimum Gasteiger partial charge on any atom is -0.391 e. The molecule has 2 unspecified atom stereocenters. The second-order valence-corrected chi connectivity index (χ2v) is 7.82. The zero-order valence-electron chi connectivity index (χ0n) is 16.7. The largest absolute Gasteiger partial charge is 0.391 e. The van der Waals surface area contributed by atoms with Crippen LogP contribution in [0.5, 0.6) is 0 Å². The third-order valence-corrected chi connectivity index (χ3v) is 5.85. The fourth-order valence-corrected chi connectivity index (χ4v) is 4.22. The molecule has 0 amide bonds. The van der Waals surface area contributed by atoms with Gasteiger partial charge in [-0.05, 0) is 25.5 Å². The van der Waals surface area contributed by atoms with E-state index in [1.165, 1.54) is 12.1 Å². The molecule has 0 bridgehead atoms. The summed E-state index contributed by atoms with van der Waals surface area (Å²) in [5, 5.41) is 9.81. The molecule has 5 rings (SSSR count). The molecule has 3 aromatic heterocycles. The highest BCUT2D eigenvalue weighted by Gasteiger charge is 2.29. The Kier molecular flexibility index (Phi) is 4.78. The Hall–Kier alpha value is -3.13. The van der Waals surface area contributed by atoms with Crippen LogP contribution in [0.25, 0.3) is 11.5 Å². The van der Waals surface area contributed by atoms with Crippen molar-refractivity contribution in [2.24, 2.45) is 0 Å². The molecule has 1 saturated heterocycles. The van der Waals surface area contributed by atoms with E-state index in [2.05, 4.69) is 21.8 Å². The summed E-state index contributed by atoms with van der Waals surface area (Å²) in [6.45, 7) is 3.91. The van der Waals surface area contributed by atoms with Gasteiger partial charge in [-0.25, -0.2) is 19.3 Å². The van der Waals surface area contributed by atoms with E-state index < -0.39 is 0 Å². The van der Waals surface area contributed by atoms with Gasteiger partial charge in [0.15, 0.2) is 5.82 Å². The van der Waals surface area contributed by atoms with Gasteiger partial charge in [-0.15, -0.1) is 0 Å². The van der Waals surface area contributed by atoms with Crippen molar-refractivity contribution in [3.8, 4) is 11.5 Å². The first-order chi connectivity index (χ1) is 14.6. The summed E-state index contributed by atoms with van der Waals surface area (Å²) in [5.74, 6) is 1.46. The molecule has 0 spiro atoms. The maximum Gasteiger partial charge on any atom is 0.178 e. The molecule has 8 heteroatoms. The predicted molar refractivity (Wildman–Crippen MR) is 112 cm³/mol. The molecular weight excluding hydrogens is 383 g/mol. The van der Waals surface area contributed by atoms with Gasteiger partial charge in [0, 0.05) is 56.1 Å². The summed E-state index contributed by atoms with van der Waals surface area (Å²) in [4.78, 5) is 22.3. The van der Waals surface area contributed by atoms with Gasteiger partial charge in [0.2, 0.25) is 0 Å². The molecule has 7 nitrogen and oxygen atoms in total. The van der Waals surface area contributed by atoms with Crippen LogP contribution in [0.1, 0.15) is 30.6 Å². The Morgan fingerprint density at radius 2 is 1.97 bits per heavy atom. The van der Waals surface area contributed by atoms with E-state index in [1.54, 1.807) is 6.20 Å². The van der Waals surface area contributed by atoms with Gasteiger partial charge in [0.25, 0.3) is 0 Å². The molecule has 1 fully saturated rings. The van der Waals surface area contributed by atoms with Crippen LogP contribution in [0.4, 0.5) is 16.0 Å². The Morgan fingerprint density at radius 3 is 2.73 bits per heavy atom. The van der Waals surface area contributed by atoms with Crippen molar-refractivity contribution in [3.63, 3.8) is 0 Å². The zero-order valence-corrected chi connectivity index (χ0v) is 16.7. The number of halogens is 1. The lowest BCUT2D eigenvalue weighted by molar-refractivity contribution is 0.198. The van der Waals surface area contributed by atoms with Crippen LogP contribution < -0.4 is 9.80 Å². The molecule has 2 aliphatic rings. The molecule has 2 atom stereocenters. The van der Waals surface area contributed by atoms with E-state index in [0.29, 0.717) is 43.5 Å². The third kappa shape index (κ3) is 3.47. The topological polar surface area (TPSA) is 78.3 Å². The first kappa shape index (κ1) is 18.9. The number of β-amino-alcohol motifs (C(OH)–C–C–N with tert-alkyl or cyclic N) is 1. The number of fused-ring (bicyclic) bond motifs is 1. The molecule has 2 aliphatic heterocycles. The smallest absolute Gasteiger partial charge is 0.178 e. The molecular formula is C22H23FN6O. The lowest BCUT2D eigenvalue weighted by atomic mass is 9.99. The second kappa shape index (κ2) is 7.60. The Morgan fingerprint density at radius 1 is 1.10 bits per heavy atom. The van der Waals surface area contributed by atoms with Crippen molar-refractivity contribution in [1.29, 1.82) is 0 Å². The van der Waals surface area contributed by atoms with Gasteiger partial charge < -0.3 is 14.9 Å². The van der Waals surface area contributed by atoms with Crippen molar-refractivity contribution < 1.29 is 9.50 Å². The number of hydrogen-bond acceptors (Lipinski definition) is 7. The van der Waals surface area contributed by atoms with E-state index in [0.717, 1.165) is 23.4 Å². The third-order valence-electron chi connectivity index (χ3n) is 5.85. The van der Waals surface area contributed by atoms with Gasteiger partial charge >= 0.3 is 0 Å². The summed E-state index contributed by atoms with van der Waals surface area (Å²) in [6, 6.07) is 8.56. The monoisotopic (exact) mass is 406 g/mol. The first-order valence-electron chi connectivity index (χ1n) is 10.2. The normalized spacial score (nSPS) is 21.0. The highest BCUT2D eigenvalue weighted by atomic mass is 19.1. The Balaban J connectivity index is 1.44. The number of nitrogens with zero attached hydrogens (tertiary/aromatic N) is 6. The van der Waals surface area contributed by atoms with E-state index in [-0.39, 0.29) is 18.0 Å². The molecule has 5 heterocycles. The SMILES string of the molecule is CC1c2cnc(-c3ccccn3)nc2CCN1c1cc(F)cc(N2CCC(O)C2)n1. The molecule has 0 saturated carbocycles. The van der Waals surface area contributed by atoms with Crippen LogP contribution in [0.2, 0.25) is 0 Å². The second-order valence-electron chi connectivity index (χ2n) is 7.82. The van der Waals surface area contributed by atoms with Crippen molar-refractivity contribution in [1.82, 2.24) is 19.9 Å². The van der Waals surface area contributed by atoms with E-state index in [1.807, 2.05) is 29.3 Å². The summed E-state index contributed by atoms with van der Waals surface area (Å²) < 4.78 is 14.4. The number of hydrogen-bond donors (Lipinski definition) is 1. The van der Waals surface area contributed by atoms with Gasteiger partial charge in [0.05, 0.1) is 17.8 Å². The van der Waals surface area contributed by atoms with Crippen molar-refractivity contribution in [3.05, 3.63) is 59.8 Å². The van der Waals surface area contributed by atoms with E-state index in [9.17, 15) is 9.50 Å². The van der Waals surface area contributed by atoms with Crippen molar-refractivity contribution >= 4 is 11.6 Å². The zero-order chi connectivity index (χ0) is 20.7. The maximum atomic E-state index is 14.4. The van der Waals surface area contributed by atoms with Gasteiger partial charge in [-0.2, -0.15) is 0 Å². The number of rotatable bonds is 3. The standard InChI is InChI=1S/C22H23FN6O/c1-14-17-12-25-22(19-4-2-3-7-24-19)26-18(17)6-9-29(14)21-11-15(23)10-20(27-21)28-8-5-16(30)13-28/h2-4,7,10-12,14,16,30H,5-6,8-9,13H2,1H3. The fraction of sp³-hybridized carbons (Fsp3) is 0.364. The number of anilines is 2. The number of aromatic nitrogens is 4. The molecule has 0 aromatic carbocycles. The van der Waals surface area contributed by atoms with Gasteiger partial charge in [-0.1, -0.05) is 6.07 Å². The van der Waals surface area contributed by atoms with Gasteiger partial charge in [-0.3, -0.25) is 4.98 Å². The molecule has 30 heavy (non-hydrogen) atoms. The number of aliphatic hydroxyl groups excluding tert-OH is 1.